The van der Waals surface area contributed by atoms with Gasteiger partial charge in [-0.25, -0.2) is 26.8 Å². The number of halogens is 6. The highest BCUT2D eigenvalue weighted by Gasteiger charge is 2.39. The van der Waals surface area contributed by atoms with E-state index in [2.05, 4.69) is 19.3 Å². The Labute approximate surface area is 341 Å². The zero-order valence-corrected chi connectivity index (χ0v) is 32.9. The van der Waals surface area contributed by atoms with Gasteiger partial charge in [0.1, 0.15) is 18.2 Å². The highest BCUT2D eigenvalue weighted by Crippen LogP contribution is 2.38. The van der Waals surface area contributed by atoms with Gasteiger partial charge in [-0.1, -0.05) is 41.4 Å². The van der Waals surface area contributed by atoms with Gasteiger partial charge in [0.2, 0.25) is 10.0 Å². The minimum Gasteiger partial charge on any atom is -0.489 e. The lowest BCUT2D eigenvalue weighted by Gasteiger charge is -2.44. The lowest BCUT2D eigenvalue weighted by Crippen LogP contribution is -2.52. The number of ether oxygens (including phenoxy) is 4. The van der Waals surface area contributed by atoms with Crippen LogP contribution in [0, 0.1) is 23.5 Å². The van der Waals surface area contributed by atoms with Crippen LogP contribution in [0.4, 0.5) is 17.6 Å². The molecule has 18 heteroatoms. The summed E-state index contributed by atoms with van der Waals surface area (Å²) in [7, 11) is -4.67. The van der Waals surface area contributed by atoms with E-state index in [9.17, 15) is 35.6 Å². The van der Waals surface area contributed by atoms with E-state index in [0.717, 1.165) is 57.0 Å². The number of rotatable bonds is 16. The number of hydrogen-bond donors (Lipinski definition) is 1. The number of esters is 2. The van der Waals surface area contributed by atoms with Crippen LogP contribution in [0.2, 0.25) is 10.0 Å². The molecule has 1 aliphatic carbocycles. The summed E-state index contributed by atoms with van der Waals surface area (Å²) in [6.45, 7) is -0.736. The molecule has 11 nitrogen and oxygen atoms in total. The number of carbonyl (C=O) groups is 2. The Morgan fingerprint density at radius 2 is 1.62 bits per heavy atom. The number of sulfonamides is 1. The average molecular weight is 867 g/mol. The Bertz CT molecular complexity index is 2260. The second-order valence-electron chi connectivity index (χ2n) is 14.4. The number of hydrogen-bond acceptors (Lipinski definition) is 10. The van der Waals surface area contributed by atoms with E-state index in [0.29, 0.717) is 18.2 Å². The van der Waals surface area contributed by atoms with Crippen molar-refractivity contribution < 1.29 is 54.5 Å². The van der Waals surface area contributed by atoms with Crippen molar-refractivity contribution >= 4 is 45.2 Å². The van der Waals surface area contributed by atoms with Gasteiger partial charge in [-0.3, -0.25) is 9.88 Å². The van der Waals surface area contributed by atoms with Crippen molar-refractivity contribution in [3.8, 4) is 11.5 Å². The molecule has 3 saturated heterocycles. The third-order valence-corrected chi connectivity index (χ3v) is 12.4. The standard InChI is InChI=1S/C40H37Cl2F4N3O8S/c41-29-18-47-19-30(42)28(29)17-34(24-7-9-33(57-40(45)46)35(16-24)54-21-22-4-5-22)55-38(50)26-2-1-3-27(14-26)58(52,53)48-37(25-6-8-31(43)32(44)15-25)39(51)56-36-20-49-12-10-23(36)11-13-49/h1-3,6-9,14-16,18-19,22-23,34,36-37,40,48H,4-5,10-13,17,20-21H2/t34-,36?,37?/m0/s1. The zero-order chi connectivity index (χ0) is 41.1. The fourth-order valence-corrected chi connectivity index (χ4v) is 8.72. The van der Waals surface area contributed by atoms with Crippen LogP contribution in [-0.4, -0.2) is 69.2 Å². The normalized spacial score (nSPS) is 20.0. The fraction of sp³-hybridized carbons (Fsp3) is 0.375. The molecule has 2 unspecified atom stereocenters. The van der Waals surface area contributed by atoms with Gasteiger partial charge in [0.15, 0.2) is 23.1 Å². The zero-order valence-electron chi connectivity index (χ0n) is 30.6. The predicted octanol–water partition coefficient (Wildman–Crippen LogP) is 7.85. The maximum Gasteiger partial charge on any atom is 0.387 e. The van der Waals surface area contributed by atoms with E-state index < -0.39 is 63.4 Å². The molecule has 1 N–H and O–H groups in total. The third-order valence-electron chi connectivity index (χ3n) is 10.3. The molecule has 58 heavy (non-hydrogen) atoms. The summed E-state index contributed by atoms with van der Waals surface area (Å²) in [6.07, 6.45) is 4.27. The lowest BCUT2D eigenvalue weighted by molar-refractivity contribution is -0.161. The summed E-state index contributed by atoms with van der Waals surface area (Å²) in [4.78, 5) is 33.1. The van der Waals surface area contributed by atoms with Gasteiger partial charge in [0.05, 0.1) is 27.1 Å². The van der Waals surface area contributed by atoms with Crippen LogP contribution in [-0.2, 0) is 30.7 Å². The van der Waals surface area contributed by atoms with Crippen molar-refractivity contribution in [3.05, 3.63) is 117 Å². The molecule has 0 radical (unpaired) electrons. The number of aromatic nitrogens is 1. The van der Waals surface area contributed by atoms with Crippen LogP contribution in [0.15, 0.2) is 78.0 Å². The number of nitrogens with one attached hydrogen (secondary N) is 1. The van der Waals surface area contributed by atoms with E-state index in [1.807, 2.05) is 0 Å². The SMILES string of the molecule is O=C(O[C@@H](Cc1c(Cl)cncc1Cl)c1ccc(OC(F)F)c(OCC2CC2)c1)c1cccc(S(=O)(=O)NC(C(=O)OC2CN3CCC2CC3)c2ccc(F)c(F)c2)c1. The summed E-state index contributed by atoms with van der Waals surface area (Å²) in [5.74, 6) is -4.44. The lowest BCUT2D eigenvalue weighted by atomic mass is 9.86. The molecule has 4 aliphatic rings. The summed E-state index contributed by atoms with van der Waals surface area (Å²) < 4.78 is 107. The number of pyridine rings is 1. The molecule has 2 bridgehead atoms. The number of fused-ring (bicyclic) bond motifs is 3. The molecule has 1 saturated carbocycles. The van der Waals surface area contributed by atoms with Gasteiger partial charge in [0.25, 0.3) is 0 Å². The first-order valence-electron chi connectivity index (χ1n) is 18.4. The molecule has 1 aromatic heterocycles. The number of nitrogens with zero attached hydrogens (tertiary/aromatic N) is 2. The van der Waals surface area contributed by atoms with Crippen molar-refractivity contribution in [2.75, 3.05) is 26.2 Å². The van der Waals surface area contributed by atoms with Crippen LogP contribution < -0.4 is 14.2 Å². The average Bonchev–Trinajstić information content (AvgIpc) is 4.04. The number of carbonyl (C=O) groups excluding carboxylic acids is 2. The van der Waals surface area contributed by atoms with Gasteiger partial charge < -0.3 is 18.9 Å². The van der Waals surface area contributed by atoms with E-state index in [1.165, 1.54) is 48.8 Å². The summed E-state index contributed by atoms with van der Waals surface area (Å²) >= 11 is 12.8. The number of piperidine rings is 3. The minimum absolute atomic E-state index is 0.0144. The van der Waals surface area contributed by atoms with E-state index in [-0.39, 0.29) is 63.1 Å². The first kappa shape index (κ1) is 41.7. The quantitative estimate of drug-likeness (QED) is 0.0877. The summed E-state index contributed by atoms with van der Waals surface area (Å²) in [5.41, 5.74) is 0.192. The maximum absolute atomic E-state index is 14.4. The number of benzene rings is 3. The van der Waals surface area contributed by atoms with Gasteiger partial charge in [-0.15, -0.1) is 0 Å². The molecular formula is C40H37Cl2F4N3O8S. The van der Waals surface area contributed by atoms with Crippen LogP contribution >= 0.6 is 23.2 Å². The highest BCUT2D eigenvalue weighted by molar-refractivity contribution is 7.89. The van der Waals surface area contributed by atoms with Gasteiger partial charge in [0, 0.05) is 25.4 Å². The van der Waals surface area contributed by atoms with Crippen molar-refractivity contribution in [1.29, 1.82) is 0 Å². The van der Waals surface area contributed by atoms with E-state index >= 15 is 0 Å². The van der Waals surface area contributed by atoms with E-state index in [4.69, 9.17) is 37.4 Å². The molecule has 4 aromatic rings. The highest BCUT2D eigenvalue weighted by atomic mass is 35.5. The molecule has 3 aliphatic heterocycles. The Morgan fingerprint density at radius 3 is 2.28 bits per heavy atom. The second-order valence-corrected chi connectivity index (χ2v) is 16.9. The third kappa shape index (κ3) is 10.0. The predicted molar refractivity (Wildman–Crippen MR) is 202 cm³/mol. The Hall–Kier alpha value is -4.48. The molecule has 4 heterocycles. The van der Waals surface area contributed by atoms with E-state index in [1.54, 1.807) is 0 Å². The first-order valence-corrected chi connectivity index (χ1v) is 20.7. The summed E-state index contributed by atoms with van der Waals surface area (Å²) in [6, 6.07) is 9.59. The monoisotopic (exact) mass is 865 g/mol. The molecule has 4 fully saturated rings. The topological polar surface area (TPSA) is 133 Å². The van der Waals surface area contributed by atoms with Crippen molar-refractivity contribution in [3.63, 3.8) is 0 Å². The molecular weight excluding hydrogens is 829 g/mol. The Kier molecular flexibility index (Phi) is 12.8. The first-order chi connectivity index (χ1) is 27.7. The van der Waals surface area contributed by atoms with Crippen molar-refractivity contribution in [2.45, 2.75) is 61.9 Å². The van der Waals surface area contributed by atoms with Crippen molar-refractivity contribution in [1.82, 2.24) is 14.6 Å². The van der Waals surface area contributed by atoms with Crippen LogP contribution in [0.5, 0.6) is 11.5 Å². The van der Waals surface area contributed by atoms with Crippen LogP contribution in [0.25, 0.3) is 0 Å². The van der Waals surface area contributed by atoms with Crippen molar-refractivity contribution in [2.24, 2.45) is 11.8 Å². The maximum atomic E-state index is 14.4. The minimum atomic E-state index is -4.67. The van der Waals surface area contributed by atoms with Crippen LogP contribution in [0.1, 0.15) is 64.9 Å². The van der Waals surface area contributed by atoms with Gasteiger partial charge >= 0.3 is 18.6 Å². The van der Waals surface area contributed by atoms with Gasteiger partial charge in [-0.2, -0.15) is 13.5 Å². The molecule has 3 atom stereocenters. The molecule has 0 amide bonds. The smallest absolute Gasteiger partial charge is 0.387 e. The fourth-order valence-electron chi connectivity index (χ4n) is 6.99. The summed E-state index contributed by atoms with van der Waals surface area (Å²) in [5, 5.41) is 0.302. The molecule has 8 rings (SSSR count). The van der Waals surface area contributed by atoms with Crippen LogP contribution in [0.3, 0.4) is 0 Å². The Balaban J connectivity index is 1.16. The molecule has 3 aromatic carbocycles. The van der Waals surface area contributed by atoms with Gasteiger partial charge in [-0.05, 0) is 110 Å². The number of alkyl halides is 2. The molecule has 308 valence electrons. The second kappa shape index (κ2) is 17.8. The molecule has 0 spiro atoms. The Morgan fingerprint density at radius 1 is 0.897 bits per heavy atom. The largest absolute Gasteiger partial charge is 0.489 e.